The van der Waals surface area contributed by atoms with E-state index >= 15 is 0 Å². The highest BCUT2D eigenvalue weighted by atomic mass is 16.7. The molecule has 0 heterocycles. The Morgan fingerprint density at radius 1 is 0.459 bits per heavy atom. The third kappa shape index (κ3) is 5.89. The molecular formula is C33H30N2O2. The van der Waals surface area contributed by atoms with Crippen molar-refractivity contribution in [3.63, 3.8) is 0 Å². The van der Waals surface area contributed by atoms with Crippen molar-refractivity contribution in [3.05, 3.63) is 140 Å². The van der Waals surface area contributed by atoms with Crippen LogP contribution in [0.1, 0.15) is 6.42 Å². The molecule has 0 unspecified atom stereocenters. The van der Waals surface area contributed by atoms with Gasteiger partial charge in [0.2, 0.25) is 0 Å². The Morgan fingerprint density at radius 3 is 1.30 bits per heavy atom. The molecular weight excluding hydrogens is 456 g/mol. The summed E-state index contributed by atoms with van der Waals surface area (Å²) in [5, 5.41) is 11.0. The summed E-state index contributed by atoms with van der Waals surface area (Å²) in [5.41, 5.74) is 7.49. The number of aliphatic hydroxyl groups is 1. The molecule has 0 atom stereocenters. The molecule has 0 bridgehead atoms. The lowest BCUT2D eigenvalue weighted by atomic mass is 10.0. The molecule has 37 heavy (non-hydrogen) atoms. The second-order valence-corrected chi connectivity index (χ2v) is 8.64. The molecule has 4 heteroatoms. The van der Waals surface area contributed by atoms with Crippen molar-refractivity contribution in [3.8, 4) is 11.1 Å². The minimum Gasteiger partial charge on any atom is -0.396 e. The molecule has 0 saturated carbocycles. The fraction of sp³-hybridized carbons (Fsp3) is 0.0909. The maximum atomic E-state index is 9.16. The first kappa shape index (κ1) is 24.3. The topological polar surface area (TPSA) is 35.9 Å². The molecule has 0 spiro atoms. The van der Waals surface area contributed by atoms with Crippen LogP contribution in [0.15, 0.2) is 140 Å². The average Bonchev–Trinajstić information content (AvgIpc) is 2.98. The summed E-state index contributed by atoms with van der Waals surface area (Å²) in [6.45, 7) is 0.539. The van der Waals surface area contributed by atoms with E-state index < -0.39 is 0 Å². The van der Waals surface area contributed by atoms with Crippen molar-refractivity contribution < 1.29 is 9.94 Å². The van der Waals surface area contributed by atoms with Gasteiger partial charge in [-0.3, -0.25) is 4.84 Å². The summed E-state index contributed by atoms with van der Waals surface area (Å²) in [6, 6.07) is 47.8. The van der Waals surface area contributed by atoms with Gasteiger partial charge in [0.25, 0.3) is 0 Å². The van der Waals surface area contributed by atoms with E-state index in [9.17, 15) is 0 Å². The molecule has 0 aliphatic rings. The van der Waals surface area contributed by atoms with Crippen LogP contribution in [0.5, 0.6) is 0 Å². The molecule has 5 aromatic carbocycles. The Hall–Kier alpha value is -4.38. The van der Waals surface area contributed by atoms with Gasteiger partial charge >= 0.3 is 0 Å². The Morgan fingerprint density at radius 2 is 0.838 bits per heavy atom. The molecule has 5 aromatic rings. The fourth-order valence-electron chi connectivity index (χ4n) is 4.28. The smallest absolute Gasteiger partial charge is 0.0775 e. The SMILES string of the molecule is OCCCON(c1ccccc1)c1ccc(-c2ccc(N(c3ccccc3)c3ccccc3)cc2)cc1. The Kier molecular flexibility index (Phi) is 7.91. The summed E-state index contributed by atoms with van der Waals surface area (Å²) < 4.78 is 0. The lowest BCUT2D eigenvalue weighted by molar-refractivity contribution is 0.117. The minimum atomic E-state index is 0.101. The van der Waals surface area contributed by atoms with Crippen LogP contribution >= 0.6 is 0 Å². The maximum Gasteiger partial charge on any atom is 0.0775 e. The van der Waals surface area contributed by atoms with E-state index in [1.54, 1.807) is 0 Å². The number of nitrogens with zero attached hydrogens (tertiary/aromatic N) is 2. The predicted octanol–water partition coefficient (Wildman–Crippen LogP) is 8.28. The van der Waals surface area contributed by atoms with Crippen LogP contribution in [0.3, 0.4) is 0 Å². The van der Waals surface area contributed by atoms with Gasteiger partial charge < -0.3 is 10.0 Å². The first-order valence-corrected chi connectivity index (χ1v) is 12.5. The Bertz CT molecular complexity index is 1320. The highest BCUT2D eigenvalue weighted by Gasteiger charge is 2.13. The van der Waals surface area contributed by atoms with Crippen molar-refractivity contribution in [2.45, 2.75) is 6.42 Å². The van der Waals surface area contributed by atoms with E-state index in [0.29, 0.717) is 13.0 Å². The number of benzene rings is 5. The van der Waals surface area contributed by atoms with Gasteiger partial charge in [-0.05, 0) is 78.2 Å². The summed E-state index contributed by atoms with van der Waals surface area (Å²) >= 11 is 0. The van der Waals surface area contributed by atoms with E-state index in [2.05, 4.69) is 102 Å². The zero-order valence-corrected chi connectivity index (χ0v) is 20.7. The molecule has 1 N–H and O–H groups in total. The molecule has 0 aliphatic carbocycles. The lowest BCUT2D eigenvalue weighted by Crippen LogP contribution is -2.18. The second-order valence-electron chi connectivity index (χ2n) is 8.64. The summed E-state index contributed by atoms with van der Waals surface area (Å²) in [7, 11) is 0. The van der Waals surface area contributed by atoms with Crippen LogP contribution < -0.4 is 9.96 Å². The largest absolute Gasteiger partial charge is 0.396 e. The lowest BCUT2D eigenvalue weighted by Gasteiger charge is -2.25. The normalized spacial score (nSPS) is 10.7. The number of para-hydroxylation sites is 3. The summed E-state index contributed by atoms with van der Waals surface area (Å²) in [5.74, 6) is 0. The third-order valence-corrected chi connectivity index (χ3v) is 6.10. The average molecular weight is 487 g/mol. The minimum absolute atomic E-state index is 0.101. The van der Waals surface area contributed by atoms with Crippen LogP contribution in [0.2, 0.25) is 0 Å². The van der Waals surface area contributed by atoms with Gasteiger partial charge in [0, 0.05) is 23.7 Å². The molecule has 0 saturated heterocycles. The molecule has 0 radical (unpaired) electrons. The molecule has 184 valence electrons. The molecule has 4 nitrogen and oxygen atoms in total. The van der Waals surface area contributed by atoms with Crippen LogP contribution in [-0.4, -0.2) is 18.3 Å². The van der Waals surface area contributed by atoms with Crippen molar-refractivity contribution in [2.24, 2.45) is 0 Å². The van der Waals surface area contributed by atoms with Crippen molar-refractivity contribution in [1.82, 2.24) is 0 Å². The Labute approximate surface area is 218 Å². The molecule has 0 fully saturated rings. The molecule has 0 aromatic heterocycles. The standard InChI is InChI=1S/C33H30N2O2/c36-25-10-26-37-35(32-15-8-3-9-16-32)33-23-19-28(20-24-33)27-17-21-31(22-18-27)34(29-11-4-1-5-12-29)30-13-6-2-7-14-30/h1-9,11-24,36H,10,25-26H2. The van der Waals surface area contributed by atoms with Crippen LogP contribution in [-0.2, 0) is 4.84 Å². The van der Waals surface area contributed by atoms with Crippen molar-refractivity contribution in [1.29, 1.82) is 0 Å². The molecule has 0 aliphatic heterocycles. The number of anilines is 5. The van der Waals surface area contributed by atoms with E-state index in [4.69, 9.17) is 9.94 Å². The zero-order valence-electron chi connectivity index (χ0n) is 20.7. The first-order chi connectivity index (χ1) is 18.3. The summed E-state index contributed by atoms with van der Waals surface area (Å²) in [4.78, 5) is 8.25. The number of hydrogen-bond acceptors (Lipinski definition) is 4. The fourth-order valence-corrected chi connectivity index (χ4v) is 4.28. The van der Waals surface area contributed by atoms with Gasteiger partial charge in [0.1, 0.15) is 0 Å². The van der Waals surface area contributed by atoms with Gasteiger partial charge in [-0.2, -0.15) is 0 Å². The monoisotopic (exact) mass is 486 g/mol. The third-order valence-electron chi connectivity index (χ3n) is 6.10. The van der Waals surface area contributed by atoms with Gasteiger partial charge in [-0.25, -0.2) is 5.06 Å². The highest BCUT2D eigenvalue weighted by molar-refractivity contribution is 5.78. The predicted molar refractivity (Wildman–Crippen MR) is 153 cm³/mol. The van der Waals surface area contributed by atoms with Crippen molar-refractivity contribution >= 4 is 28.4 Å². The van der Waals surface area contributed by atoms with Crippen LogP contribution in [0.25, 0.3) is 11.1 Å². The number of rotatable bonds is 10. The quantitative estimate of drug-likeness (QED) is 0.159. The van der Waals surface area contributed by atoms with Gasteiger partial charge in [0.05, 0.1) is 18.0 Å². The maximum absolute atomic E-state index is 9.16. The van der Waals surface area contributed by atoms with Gasteiger partial charge in [-0.1, -0.05) is 78.9 Å². The molecule has 0 amide bonds. The van der Waals surface area contributed by atoms with E-state index in [0.717, 1.165) is 39.6 Å². The van der Waals surface area contributed by atoms with Crippen LogP contribution in [0, 0.1) is 0 Å². The number of aliphatic hydroxyl groups excluding tert-OH is 1. The van der Waals surface area contributed by atoms with Crippen molar-refractivity contribution in [2.75, 3.05) is 23.2 Å². The van der Waals surface area contributed by atoms with Crippen LogP contribution in [0.4, 0.5) is 28.4 Å². The highest BCUT2D eigenvalue weighted by Crippen LogP contribution is 2.35. The Balaban J connectivity index is 1.40. The molecule has 5 rings (SSSR count). The van der Waals surface area contributed by atoms with E-state index in [-0.39, 0.29) is 6.61 Å². The number of hydrogen-bond donors (Lipinski definition) is 1. The van der Waals surface area contributed by atoms with E-state index in [1.807, 2.05) is 47.5 Å². The van der Waals surface area contributed by atoms with E-state index in [1.165, 1.54) is 0 Å². The van der Waals surface area contributed by atoms with Gasteiger partial charge in [-0.15, -0.1) is 0 Å². The second kappa shape index (κ2) is 12.0. The zero-order chi connectivity index (χ0) is 25.3. The summed E-state index contributed by atoms with van der Waals surface area (Å²) in [6.07, 6.45) is 0.580. The first-order valence-electron chi connectivity index (χ1n) is 12.5. The van der Waals surface area contributed by atoms with Gasteiger partial charge in [0.15, 0.2) is 0 Å².